The highest BCUT2D eigenvalue weighted by Gasteiger charge is 2.12. The Hall–Kier alpha value is -2.18. The fraction of sp³-hybridized carbons (Fsp3) is 0.538. The van der Waals surface area contributed by atoms with Crippen molar-refractivity contribution in [3.05, 3.63) is 17.5 Å². The first kappa shape index (κ1) is 15.9. The Morgan fingerprint density at radius 3 is 2.75 bits per heavy atom. The van der Waals surface area contributed by atoms with Crippen LogP contribution in [0.4, 0.5) is 5.95 Å². The molecular formula is C13H20N4O3. The first-order valence-electron chi connectivity index (χ1n) is 6.57. The third-order valence-electron chi connectivity index (χ3n) is 2.61. The first-order valence-corrected chi connectivity index (χ1v) is 6.57. The highest BCUT2D eigenvalue weighted by atomic mass is 16.5. The van der Waals surface area contributed by atoms with Gasteiger partial charge in [0.2, 0.25) is 11.9 Å². The van der Waals surface area contributed by atoms with Crippen LogP contribution in [0.15, 0.2) is 6.20 Å². The molecule has 0 spiro atoms. The second-order valence-electron chi connectivity index (χ2n) is 4.26. The van der Waals surface area contributed by atoms with Crippen LogP contribution < -0.4 is 11.1 Å². The highest BCUT2D eigenvalue weighted by Crippen LogP contribution is 2.09. The Bertz CT molecular complexity index is 477. The molecule has 1 aromatic heterocycles. The van der Waals surface area contributed by atoms with Crippen molar-refractivity contribution in [2.75, 3.05) is 18.5 Å². The lowest BCUT2D eigenvalue weighted by molar-refractivity contribution is -0.118. The number of unbranched alkanes of at least 4 members (excludes halogenated alkanes) is 1. The number of nitrogens with zero attached hydrogens (tertiary/aromatic N) is 2. The second kappa shape index (κ2) is 8.08. The van der Waals surface area contributed by atoms with Gasteiger partial charge in [-0.1, -0.05) is 0 Å². The Kier molecular flexibility index (Phi) is 6.42. The zero-order chi connectivity index (χ0) is 15.0. The molecule has 7 heteroatoms. The van der Waals surface area contributed by atoms with Crippen LogP contribution in [0.3, 0.4) is 0 Å². The van der Waals surface area contributed by atoms with E-state index in [1.165, 1.54) is 6.20 Å². The summed E-state index contributed by atoms with van der Waals surface area (Å²) in [6.07, 6.45) is 3.35. The molecule has 0 saturated carbocycles. The van der Waals surface area contributed by atoms with Crippen molar-refractivity contribution in [2.45, 2.75) is 33.1 Å². The molecule has 7 nitrogen and oxygen atoms in total. The summed E-state index contributed by atoms with van der Waals surface area (Å²) in [5.74, 6) is -0.261. The number of hydrogen-bond acceptors (Lipinski definition) is 6. The second-order valence-corrected chi connectivity index (χ2v) is 4.26. The predicted octanol–water partition coefficient (Wildman–Crippen LogP) is 1.03. The number of aromatic nitrogens is 2. The molecular weight excluding hydrogens is 260 g/mol. The maximum atomic E-state index is 11.6. The minimum Gasteiger partial charge on any atom is -0.462 e. The monoisotopic (exact) mass is 280 g/mol. The van der Waals surface area contributed by atoms with Gasteiger partial charge in [-0.25, -0.2) is 14.8 Å². The van der Waals surface area contributed by atoms with Crippen molar-refractivity contribution in [2.24, 2.45) is 5.73 Å². The quantitative estimate of drug-likeness (QED) is 0.544. The Balaban J connectivity index is 2.47. The van der Waals surface area contributed by atoms with E-state index < -0.39 is 5.97 Å². The van der Waals surface area contributed by atoms with Gasteiger partial charge in [0.25, 0.3) is 0 Å². The number of esters is 1. The summed E-state index contributed by atoms with van der Waals surface area (Å²) in [6.45, 7) is 4.44. The smallest absolute Gasteiger partial charge is 0.341 e. The summed E-state index contributed by atoms with van der Waals surface area (Å²) < 4.78 is 4.90. The number of carbonyl (C=O) groups excluding carboxylic acids is 2. The van der Waals surface area contributed by atoms with Crippen LogP contribution in [-0.4, -0.2) is 35.0 Å². The number of primary amides is 1. The third-order valence-corrected chi connectivity index (χ3v) is 2.61. The molecule has 0 radical (unpaired) electrons. The average Bonchev–Trinajstić information content (AvgIpc) is 2.38. The molecule has 1 heterocycles. The van der Waals surface area contributed by atoms with E-state index in [1.54, 1.807) is 13.8 Å². The van der Waals surface area contributed by atoms with Gasteiger partial charge in [0.1, 0.15) is 0 Å². The summed E-state index contributed by atoms with van der Waals surface area (Å²) >= 11 is 0. The van der Waals surface area contributed by atoms with E-state index in [1.807, 2.05) is 0 Å². The normalized spacial score (nSPS) is 10.1. The lowest BCUT2D eigenvalue weighted by atomic mass is 10.2. The maximum Gasteiger partial charge on any atom is 0.341 e. The van der Waals surface area contributed by atoms with E-state index in [0.29, 0.717) is 36.8 Å². The molecule has 20 heavy (non-hydrogen) atoms. The third kappa shape index (κ3) is 5.21. The molecule has 110 valence electrons. The van der Waals surface area contributed by atoms with E-state index in [0.717, 1.165) is 12.8 Å². The van der Waals surface area contributed by atoms with E-state index in [4.69, 9.17) is 10.5 Å². The van der Waals surface area contributed by atoms with Crippen molar-refractivity contribution >= 4 is 17.8 Å². The molecule has 0 aromatic carbocycles. The lowest BCUT2D eigenvalue weighted by Gasteiger charge is -2.08. The van der Waals surface area contributed by atoms with Gasteiger partial charge in [0.05, 0.1) is 17.9 Å². The number of carbonyl (C=O) groups is 2. The lowest BCUT2D eigenvalue weighted by Crippen LogP contribution is -2.13. The Morgan fingerprint density at radius 1 is 1.40 bits per heavy atom. The fourth-order valence-corrected chi connectivity index (χ4v) is 1.59. The van der Waals surface area contributed by atoms with Gasteiger partial charge >= 0.3 is 5.97 Å². The first-order chi connectivity index (χ1) is 9.54. The molecule has 0 saturated heterocycles. The summed E-state index contributed by atoms with van der Waals surface area (Å²) in [4.78, 5) is 30.4. The van der Waals surface area contributed by atoms with Crippen LogP contribution in [0.5, 0.6) is 0 Å². The zero-order valence-corrected chi connectivity index (χ0v) is 11.8. The molecule has 0 bridgehead atoms. The largest absolute Gasteiger partial charge is 0.462 e. The topological polar surface area (TPSA) is 107 Å². The number of nitrogens with one attached hydrogen (secondary N) is 1. The molecule has 0 aliphatic carbocycles. The van der Waals surface area contributed by atoms with Crippen molar-refractivity contribution < 1.29 is 14.3 Å². The number of anilines is 1. The molecule has 0 aliphatic rings. The van der Waals surface area contributed by atoms with Crippen molar-refractivity contribution in [3.8, 4) is 0 Å². The summed E-state index contributed by atoms with van der Waals surface area (Å²) in [7, 11) is 0. The number of amides is 1. The SMILES string of the molecule is CCOC(=O)c1cnc(NCCCCC(N)=O)nc1C. The number of aryl methyl sites for hydroxylation is 1. The molecule has 1 aromatic rings. The summed E-state index contributed by atoms with van der Waals surface area (Å²) in [6, 6.07) is 0. The van der Waals surface area contributed by atoms with Gasteiger partial charge in [0, 0.05) is 19.2 Å². The number of hydrogen-bond donors (Lipinski definition) is 2. The maximum absolute atomic E-state index is 11.6. The summed E-state index contributed by atoms with van der Waals surface area (Å²) in [5.41, 5.74) is 5.98. The van der Waals surface area contributed by atoms with E-state index in [-0.39, 0.29) is 5.91 Å². The average molecular weight is 280 g/mol. The van der Waals surface area contributed by atoms with Gasteiger partial charge in [-0.05, 0) is 26.7 Å². The van der Waals surface area contributed by atoms with E-state index >= 15 is 0 Å². The summed E-state index contributed by atoms with van der Waals surface area (Å²) in [5, 5.41) is 3.03. The molecule has 0 unspecified atom stereocenters. The van der Waals surface area contributed by atoms with Gasteiger partial charge in [-0.15, -0.1) is 0 Å². The van der Waals surface area contributed by atoms with E-state index in [9.17, 15) is 9.59 Å². The zero-order valence-electron chi connectivity index (χ0n) is 11.8. The molecule has 1 rings (SSSR count). The Labute approximate surface area is 117 Å². The van der Waals surface area contributed by atoms with Gasteiger partial charge in [0.15, 0.2) is 0 Å². The fourth-order valence-electron chi connectivity index (χ4n) is 1.59. The van der Waals surface area contributed by atoms with Gasteiger partial charge in [-0.2, -0.15) is 0 Å². The van der Waals surface area contributed by atoms with Crippen LogP contribution in [0, 0.1) is 6.92 Å². The number of nitrogens with two attached hydrogens (primary N) is 1. The van der Waals surface area contributed by atoms with Crippen LogP contribution >= 0.6 is 0 Å². The highest BCUT2D eigenvalue weighted by molar-refractivity contribution is 5.90. The molecule has 1 amide bonds. The van der Waals surface area contributed by atoms with Crippen molar-refractivity contribution in [1.29, 1.82) is 0 Å². The molecule has 0 atom stereocenters. The molecule has 0 fully saturated rings. The minimum atomic E-state index is -0.419. The number of rotatable bonds is 8. The Morgan fingerprint density at radius 2 is 2.15 bits per heavy atom. The van der Waals surface area contributed by atoms with Gasteiger partial charge in [-0.3, -0.25) is 4.79 Å². The van der Waals surface area contributed by atoms with Crippen LogP contribution in [0.25, 0.3) is 0 Å². The molecule has 0 aliphatic heterocycles. The van der Waals surface area contributed by atoms with Crippen molar-refractivity contribution in [1.82, 2.24) is 9.97 Å². The standard InChI is InChI=1S/C13H20N4O3/c1-3-20-12(19)10-8-16-13(17-9(10)2)15-7-5-4-6-11(14)18/h8H,3-7H2,1-2H3,(H2,14,18)(H,15,16,17). The van der Waals surface area contributed by atoms with Crippen LogP contribution in [0.1, 0.15) is 42.2 Å². The van der Waals surface area contributed by atoms with Gasteiger partial charge < -0.3 is 15.8 Å². The van der Waals surface area contributed by atoms with Crippen LogP contribution in [0.2, 0.25) is 0 Å². The molecule has 3 N–H and O–H groups in total. The van der Waals surface area contributed by atoms with Crippen LogP contribution in [-0.2, 0) is 9.53 Å². The van der Waals surface area contributed by atoms with Crippen molar-refractivity contribution in [3.63, 3.8) is 0 Å². The minimum absolute atomic E-state index is 0.295. The predicted molar refractivity (Wildman–Crippen MR) is 74.3 cm³/mol. The number of ether oxygens (including phenoxy) is 1. The van der Waals surface area contributed by atoms with E-state index in [2.05, 4.69) is 15.3 Å².